The van der Waals surface area contributed by atoms with E-state index in [2.05, 4.69) is 19.2 Å². The molecule has 1 aromatic heterocycles. The van der Waals surface area contributed by atoms with Crippen molar-refractivity contribution >= 4 is 22.2 Å². The lowest BCUT2D eigenvalue weighted by Crippen LogP contribution is -3.14. The first-order valence-corrected chi connectivity index (χ1v) is 10.9. The van der Waals surface area contributed by atoms with Crippen LogP contribution in [-0.4, -0.2) is 31.2 Å². The number of hydrogen-bond acceptors (Lipinski definition) is 3. The summed E-state index contributed by atoms with van der Waals surface area (Å²) in [5.74, 6) is -0.00541. The van der Waals surface area contributed by atoms with Crippen molar-refractivity contribution in [3.8, 4) is 0 Å². The van der Waals surface area contributed by atoms with Crippen molar-refractivity contribution in [3.63, 3.8) is 0 Å². The number of thiophene rings is 1. The van der Waals surface area contributed by atoms with Crippen molar-refractivity contribution in [2.24, 2.45) is 0 Å². The molecule has 2 heterocycles. The largest absolute Gasteiger partial charge is 0.364 e. The molecular formula is C22H29N2O2S+. The molecule has 4 rings (SSSR count). The van der Waals surface area contributed by atoms with Crippen LogP contribution in [0.3, 0.4) is 0 Å². The number of rotatable bonds is 4. The molecule has 1 saturated heterocycles. The summed E-state index contributed by atoms with van der Waals surface area (Å²) < 4.78 is 5.91. The van der Waals surface area contributed by atoms with Gasteiger partial charge < -0.3 is 15.0 Å². The van der Waals surface area contributed by atoms with Gasteiger partial charge in [-0.1, -0.05) is 18.2 Å². The molecule has 5 heteroatoms. The number of carbonyl (C=O) groups is 1. The van der Waals surface area contributed by atoms with E-state index in [1.54, 1.807) is 16.2 Å². The summed E-state index contributed by atoms with van der Waals surface area (Å²) >= 11 is 1.80. The second-order valence-electron chi connectivity index (χ2n) is 7.93. The van der Waals surface area contributed by atoms with Gasteiger partial charge in [-0.3, -0.25) is 4.79 Å². The molecule has 1 aliphatic carbocycles. The van der Waals surface area contributed by atoms with Crippen molar-refractivity contribution in [3.05, 3.63) is 51.9 Å². The summed E-state index contributed by atoms with van der Waals surface area (Å²) in [5, 5.41) is 4.30. The first kappa shape index (κ1) is 18.7. The molecule has 1 fully saturated rings. The number of hydrogen-bond donors (Lipinski definition) is 2. The Hall–Kier alpha value is -1.69. The lowest BCUT2D eigenvalue weighted by atomic mass is 9.95. The Morgan fingerprint density at radius 1 is 1.15 bits per heavy atom. The van der Waals surface area contributed by atoms with E-state index in [4.69, 9.17) is 4.74 Å². The van der Waals surface area contributed by atoms with Crippen molar-refractivity contribution in [1.82, 2.24) is 0 Å². The van der Waals surface area contributed by atoms with Gasteiger partial charge in [0.15, 0.2) is 0 Å². The fraction of sp³-hybridized carbons (Fsp3) is 0.500. The van der Waals surface area contributed by atoms with E-state index >= 15 is 0 Å². The summed E-state index contributed by atoms with van der Waals surface area (Å²) in [5.41, 5.74) is 3.60. The minimum atomic E-state index is -0.00541. The van der Waals surface area contributed by atoms with Gasteiger partial charge in [0.05, 0.1) is 0 Å². The highest BCUT2D eigenvalue weighted by Gasteiger charge is 2.30. The minimum absolute atomic E-state index is 0.00541. The van der Waals surface area contributed by atoms with E-state index in [1.807, 2.05) is 30.3 Å². The highest BCUT2D eigenvalue weighted by molar-refractivity contribution is 7.16. The summed E-state index contributed by atoms with van der Waals surface area (Å²) in [4.78, 5) is 15.8. The van der Waals surface area contributed by atoms with E-state index in [0.717, 1.165) is 43.0 Å². The van der Waals surface area contributed by atoms with Gasteiger partial charge in [-0.2, -0.15) is 0 Å². The predicted molar refractivity (Wildman–Crippen MR) is 110 cm³/mol. The molecule has 1 amide bonds. The van der Waals surface area contributed by atoms with Crippen LogP contribution in [0.5, 0.6) is 0 Å². The quantitative estimate of drug-likeness (QED) is 0.849. The van der Waals surface area contributed by atoms with Crippen LogP contribution in [0.1, 0.15) is 53.1 Å². The Labute approximate surface area is 165 Å². The molecule has 0 radical (unpaired) electrons. The molecule has 2 atom stereocenters. The fourth-order valence-corrected chi connectivity index (χ4v) is 5.77. The highest BCUT2D eigenvalue weighted by Crippen LogP contribution is 2.38. The molecule has 1 aliphatic heterocycles. The molecular weight excluding hydrogens is 356 g/mol. The molecule has 2 unspecified atom stereocenters. The molecule has 2 aromatic rings. The topological polar surface area (TPSA) is 42.8 Å². The van der Waals surface area contributed by atoms with Gasteiger partial charge in [0.1, 0.15) is 36.8 Å². The zero-order chi connectivity index (χ0) is 18.8. The van der Waals surface area contributed by atoms with Gasteiger partial charge in [-0.25, -0.2) is 0 Å². The normalized spacial score (nSPS) is 25.0. The maximum atomic E-state index is 12.7. The van der Waals surface area contributed by atoms with Gasteiger partial charge in [-0.15, -0.1) is 11.3 Å². The van der Waals surface area contributed by atoms with Crippen LogP contribution in [0.2, 0.25) is 0 Å². The van der Waals surface area contributed by atoms with E-state index in [-0.39, 0.29) is 5.91 Å². The molecule has 144 valence electrons. The zero-order valence-electron chi connectivity index (χ0n) is 16.2. The number of benzene rings is 1. The SMILES string of the molecule is CC1C[NH+](Cc2c(NC(=O)c3ccccc3)sc3c2CCCC3)CC(C)O1. The number of carbonyl (C=O) groups excluding carboxylic acids is 1. The van der Waals surface area contributed by atoms with Crippen LogP contribution < -0.4 is 10.2 Å². The standard InChI is InChI=1S/C22H28N2O2S/c1-15-12-24(13-16(2)26-15)14-19-18-10-6-7-11-20(18)27-22(19)23-21(25)17-8-4-3-5-9-17/h3-5,8-9,15-16H,6-7,10-14H2,1-2H3,(H,23,25)/p+1. The van der Waals surface area contributed by atoms with Crippen molar-refractivity contribution in [1.29, 1.82) is 0 Å². The minimum Gasteiger partial charge on any atom is -0.364 e. The number of anilines is 1. The molecule has 4 nitrogen and oxygen atoms in total. The van der Waals surface area contributed by atoms with Crippen molar-refractivity contribution in [2.45, 2.75) is 58.3 Å². The number of aryl methyl sites for hydroxylation is 1. The third-order valence-corrected chi connectivity index (χ3v) is 6.84. The van der Waals surface area contributed by atoms with Gasteiger partial charge in [0, 0.05) is 16.0 Å². The Balaban J connectivity index is 1.59. The second-order valence-corrected chi connectivity index (χ2v) is 9.04. The maximum Gasteiger partial charge on any atom is 0.256 e. The van der Waals surface area contributed by atoms with Crippen molar-refractivity contribution < 1.29 is 14.4 Å². The molecule has 2 aliphatic rings. The van der Waals surface area contributed by atoms with E-state index in [9.17, 15) is 4.79 Å². The van der Waals surface area contributed by atoms with Crippen LogP contribution in [0.15, 0.2) is 30.3 Å². The van der Waals surface area contributed by atoms with Crippen LogP contribution in [0.4, 0.5) is 5.00 Å². The molecule has 27 heavy (non-hydrogen) atoms. The summed E-state index contributed by atoms with van der Waals surface area (Å²) in [7, 11) is 0. The summed E-state index contributed by atoms with van der Waals surface area (Å²) in [6.45, 7) is 7.37. The molecule has 2 N–H and O–H groups in total. The summed E-state index contributed by atoms with van der Waals surface area (Å²) in [6, 6.07) is 9.51. The van der Waals surface area contributed by atoms with E-state index in [1.165, 1.54) is 28.8 Å². The first-order chi connectivity index (χ1) is 13.1. The number of morpholine rings is 1. The van der Waals surface area contributed by atoms with Crippen LogP contribution in [0, 0.1) is 0 Å². The van der Waals surface area contributed by atoms with Crippen LogP contribution >= 0.6 is 11.3 Å². The maximum absolute atomic E-state index is 12.7. The predicted octanol–water partition coefficient (Wildman–Crippen LogP) is 3.07. The zero-order valence-corrected chi connectivity index (χ0v) is 17.0. The Morgan fingerprint density at radius 2 is 1.85 bits per heavy atom. The number of fused-ring (bicyclic) bond motifs is 1. The Morgan fingerprint density at radius 3 is 2.59 bits per heavy atom. The van der Waals surface area contributed by atoms with Crippen LogP contribution in [0.25, 0.3) is 0 Å². The Kier molecular flexibility index (Phi) is 5.62. The average molecular weight is 386 g/mol. The lowest BCUT2D eigenvalue weighted by molar-refractivity contribution is -0.928. The summed E-state index contributed by atoms with van der Waals surface area (Å²) in [6.07, 6.45) is 5.41. The van der Waals surface area contributed by atoms with E-state index < -0.39 is 0 Å². The lowest BCUT2D eigenvalue weighted by Gasteiger charge is -2.32. The molecule has 1 aromatic carbocycles. The monoisotopic (exact) mass is 385 g/mol. The third kappa shape index (κ3) is 4.26. The van der Waals surface area contributed by atoms with Crippen molar-refractivity contribution in [2.75, 3.05) is 18.4 Å². The molecule has 0 bridgehead atoms. The highest BCUT2D eigenvalue weighted by atomic mass is 32.1. The number of ether oxygens (including phenoxy) is 1. The number of amides is 1. The smallest absolute Gasteiger partial charge is 0.256 e. The Bertz CT molecular complexity index is 792. The number of nitrogens with one attached hydrogen (secondary N) is 2. The van der Waals surface area contributed by atoms with Gasteiger partial charge in [-0.05, 0) is 57.2 Å². The number of quaternary nitrogens is 1. The molecule has 0 spiro atoms. The van der Waals surface area contributed by atoms with Gasteiger partial charge >= 0.3 is 0 Å². The van der Waals surface area contributed by atoms with Gasteiger partial charge in [0.25, 0.3) is 5.91 Å². The third-order valence-electron chi connectivity index (χ3n) is 5.59. The average Bonchev–Trinajstić information content (AvgIpc) is 2.99. The molecule has 0 saturated carbocycles. The second kappa shape index (κ2) is 8.13. The van der Waals surface area contributed by atoms with Gasteiger partial charge in [0.2, 0.25) is 0 Å². The first-order valence-electron chi connectivity index (χ1n) is 10.1. The van der Waals surface area contributed by atoms with Crippen LogP contribution in [-0.2, 0) is 24.1 Å². The fourth-order valence-electron chi connectivity index (χ4n) is 4.47. The van der Waals surface area contributed by atoms with E-state index in [0.29, 0.717) is 12.2 Å².